The minimum absolute atomic E-state index is 0.0680. The Morgan fingerprint density at radius 2 is 2.15 bits per heavy atom. The van der Waals surface area contributed by atoms with Gasteiger partial charge in [0.05, 0.1) is 17.2 Å². The van der Waals surface area contributed by atoms with Crippen LogP contribution in [-0.2, 0) is 11.3 Å². The predicted octanol–water partition coefficient (Wildman–Crippen LogP) is 1.49. The molecule has 0 atom stereocenters. The van der Waals surface area contributed by atoms with Gasteiger partial charge in [-0.25, -0.2) is 9.97 Å². The molecule has 0 radical (unpaired) electrons. The Morgan fingerprint density at radius 1 is 1.30 bits per heavy atom. The summed E-state index contributed by atoms with van der Waals surface area (Å²) in [5, 5.41) is 4.93. The molecule has 3 rings (SSSR count). The van der Waals surface area contributed by atoms with Crippen LogP contribution in [0.4, 0.5) is 5.13 Å². The van der Waals surface area contributed by atoms with Crippen LogP contribution in [0, 0.1) is 0 Å². The van der Waals surface area contributed by atoms with Gasteiger partial charge >= 0.3 is 0 Å². The van der Waals surface area contributed by atoms with Crippen LogP contribution >= 0.6 is 11.3 Å². The van der Waals surface area contributed by atoms with E-state index in [0.717, 1.165) is 0 Å². The number of para-hydroxylation sites is 2. The van der Waals surface area contributed by atoms with Crippen molar-refractivity contribution in [3.8, 4) is 0 Å². The maximum Gasteiger partial charge on any atom is 0.269 e. The molecule has 3 aromatic rings. The van der Waals surface area contributed by atoms with Gasteiger partial charge in [0.25, 0.3) is 5.56 Å². The normalized spacial score (nSPS) is 10.6. The summed E-state index contributed by atoms with van der Waals surface area (Å²) in [5.41, 5.74) is 1.00. The average Bonchev–Trinajstić information content (AvgIpc) is 2.95. The number of carbonyl (C=O) groups excluding carboxylic acids is 1. The summed E-state index contributed by atoms with van der Waals surface area (Å²) in [4.78, 5) is 31.8. The van der Waals surface area contributed by atoms with E-state index in [1.54, 1.807) is 29.8 Å². The molecule has 0 saturated heterocycles. The van der Waals surface area contributed by atoms with Crippen molar-refractivity contribution in [3.63, 3.8) is 0 Å². The summed E-state index contributed by atoms with van der Waals surface area (Å²) >= 11 is 1.33. The monoisotopic (exact) mass is 286 g/mol. The lowest BCUT2D eigenvalue weighted by atomic mass is 10.3. The van der Waals surface area contributed by atoms with Crippen LogP contribution in [-0.4, -0.2) is 20.4 Å². The number of anilines is 1. The number of hydrogen-bond donors (Lipinski definition) is 1. The molecule has 6 nitrogen and oxygen atoms in total. The summed E-state index contributed by atoms with van der Waals surface area (Å²) in [5.74, 6) is -0.293. The molecule has 0 aliphatic heterocycles. The van der Waals surface area contributed by atoms with Gasteiger partial charge in [-0.3, -0.25) is 14.2 Å². The Morgan fingerprint density at radius 3 is 2.95 bits per heavy atom. The maximum absolute atomic E-state index is 12.0. The molecule has 0 spiro atoms. The Labute approximate surface area is 117 Å². The Balaban J connectivity index is 1.92. The SMILES string of the molecule is O=C(Cn1c(=O)cnc2ccccc21)Nc1nccs1. The quantitative estimate of drug-likeness (QED) is 0.791. The van der Waals surface area contributed by atoms with E-state index in [-0.39, 0.29) is 18.0 Å². The number of hydrogen-bond acceptors (Lipinski definition) is 5. The van der Waals surface area contributed by atoms with Crippen molar-refractivity contribution < 1.29 is 4.79 Å². The largest absolute Gasteiger partial charge is 0.300 e. The van der Waals surface area contributed by atoms with Crippen LogP contribution in [0.5, 0.6) is 0 Å². The topological polar surface area (TPSA) is 76.9 Å². The van der Waals surface area contributed by atoms with Crippen molar-refractivity contribution in [1.29, 1.82) is 0 Å². The van der Waals surface area contributed by atoms with Crippen molar-refractivity contribution in [2.45, 2.75) is 6.54 Å². The molecule has 0 unspecified atom stereocenters. The fourth-order valence-electron chi connectivity index (χ4n) is 1.87. The lowest BCUT2D eigenvalue weighted by Gasteiger charge is -2.08. The lowest BCUT2D eigenvalue weighted by Crippen LogP contribution is -2.27. The van der Waals surface area contributed by atoms with E-state index in [9.17, 15) is 9.59 Å². The Bertz CT molecular complexity index is 811. The lowest BCUT2D eigenvalue weighted by molar-refractivity contribution is -0.116. The fraction of sp³-hybridized carbons (Fsp3) is 0.0769. The van der Waals surface area contributed by atoms with Gasteiger partial charge in [0.2, 0.25) is 5.91 Å². The van der Waals surface area contributed by atoms with Gasteiger partial charge < -0.3 is 5.32 Å². The summed E-state index contributed by atoms with van der Waals surface area (Å²) in [7, 11) is 0. The highest BCUT2D eigenvalue weighted by molar-refractivity contribution is 7.13. The number of fused-ring (bicyclic) bond motifs is 1. The average molecular weight is 286 g/mol. The standard InChI is InChI=1S/C13H10N4O2S/c18-11(16-13-14-5-6-20-13)8-17-10-4-2-1-3-9(10)15-7-12(17)19/h1-7H,8H2,(H,14,16,18). The molecule has 100 valence electrons. The van der Waals surface area contributed by atoms with E-state index in [4.69, 9.17) is 0 Å². The third-order valence-corrected chi connectivity index (χ3v) is 3.42. The van der Waals surface area contributed by atoms with Gasteiger partial charge in [-0.15, -0.1) is 11.3 Å². The van der Waals surface area contributed by atoms with E-state index < -0.39 is 0 Å². The van der Waals surface area contributed by atoms with E-state index in [2.05, 4.69) is 15.3 Å². The number of nitrogens with one attached hydrogen (secondary N) is 1. The highest BCUT2D eigenvalue weighted by atomic mass is 32.1. The maximum atomic E-state index is 12.0. The van der Waals surface area contributed by atoms with E-state index in [0.29, 0.717) is 16.2 Å². The van der Waals surface area contributed by atoms with E-state index in [1.165, 1.54) is 22.1 Å². The first-order valence-corrected chi connectivity index (χ1v) is 6.76. The molecule has 0 bridgehead atoms. The molecule has 20 heavy (non-hydrogen) atoms. The van der Waals surface area contributed by atoms with Crippen LogP contribution in [0.3, 0.4) is 0 Å². The first-order chi connectivity index (χ1) is 9.74. The molecule has 1 aromatic carbocycles. The highest BCUT2D eigenvalue weighted by Gasteiger charge is 2.09. The number of carbonyl (C=O) groups is 1. The molecule has 1 amide bonds. The van der Waals surface area contributed by atoms with Crippen molar-refractivity contribution >= 4 is 33.4 Å². The summed E-state index contributed by atoms with van der Waals surface area (Å²) < 4.78 is 1.39. The van der Waals surface area contributed by atoms with Crippen LogP contribution in [0.15, 0.2) is 46.8 Å². The smallest absolute Gasteiger partial charge is 0.269 e. The molecule has 0 aliphatic carbocycles. The summed E-state index contributed by atoms with van der Waals surface area (Å²) in [6.07, 6.45) is 2.83. The summed E-state index contributed by atoms with van der Waals surface area (Å²) in [6, 6.07) is 7.20. The zero-order chi connectivity index (χ0) is 13.9. The second-order valence-electron chi connectivity index (χ2n) is 4.06. The number of nitrogens with zero attached hydrogens (tertiary/aromatic N) is 3. The van der Waals surface area contributed by atoms with Crippen LogP contribution in [0.1, 0.15) is 0 Å². The molecule has 2 aromatic heterocycles. The van der Waals surface area contributed by atoms with Crippen LogP contribution in [0.25, 0.3) is 11.0 Å². The van der Waals surface area contributed by atoms with E-state index >= 15 is 0 Å². The number of aromatic nitrogens is 3. The zero-order valence-electron chi connectivity index (χ0n) is 10.3. The van der Waals surface area contributed by atoms with Gasteiger partial charge in [0.1, 0.15) is 6.54 Å². The molecular weight excluding hydrogens is 276 g/mol. The molecule has 2 heterocycles. The summed E-state index contributed by atoms with van der Waals surface area (Å²) in [6.45, 7) is -0.0680. The molecule has 0 aliphatic rings. The minimum Gasteiger partial charge on any atom is -0.300 e. The first-order valence-electron chi connectivity index (χ1n) is 5.88. The Hall–Kier alpha value is -2.54. The predicted molar refractivity (Wildman–Crippen MR) is 76.7 cm³/mol. The molecule has 1 N–H and O–H groups in total. The number of amides is 1. The van der Waals surface area contributed by atoms with Gasteiger partial charge in [-0.2, -0.15) is 0 Å². The molecular formula is C13H10N4O2S. The van der Waals surface area contributed by atoms with Crippen LogP contribution in [0.2, 0.25) is 0 Å². The first kappa shape index (κ1) is 12.5. The molecule has 0 fully saturated rings. The fourth-order valence-corrected chi connectivity index (χ4v) is 2.41. The van der Waals surface area contributed by atoms with Crippen molar-refractivity contribution in [3.05, 3.63) is 52.4 Å². The number of thiazole rings is 1. The van der Waals surface area contributed by atoms with Crippen LogP contribution < -0.4 is 10.9 Å². The molecule has 0 saturated carbocycles. The van der Waals surface area contributed by atoms with Gasteiger partial charge in [0.15, 0.2) is 5.13 Å². The molecule has 7 heteroatoms. The second kappa shape index (κ2) is 5.22. The van der Waals surface area contributed by atoms with Crippen molar-refractivity contribution in [2.24, 2.45) is 0 Å². The number of benzene rings is 1. The minimum atomic E-state index is -0.307. The Kier molecular flexibility index (Phi) is 3.26. The third-order valence-electron chi connectivity index (χ3n) is 2.73. The highest BCUT2D eigenvalue weighted by Crippen LogP contribution is 2.11. The second-order valence-corrected chi connectivity index (χ2v) is 4.95. The zero-order valence-corrected chi connectivity index (χ0v) is 11.1. The van der Waals surface area contributed by atoms with Gasteiger partial charge in [-0.05, 0) is 12.1 Å². The van der Waals surface area contributed by atoms with Crippen molar-refractivity contribution in [1.82, 2.24) is 14.5 Å². The van der Waals surface area contributed by atoms with Gasteiger partial charge in [0, 0.05) is 11.6 Å². The third kappa shape index (κ3) is 2.43. The number of rotatable bonds is 3. The van der Waals surface area contributed by atoms with Crippen molar-refractivity contribution in [2.75, 3.05) is 5.32 Å². The van der Waals surface area contributed by atoms with Gasteiger partial charge in [-0.1, -0.05) is 12.1 Å². The van der Waals surface area contributed by atoms with E-state index in [1.807, 2.05) is 6.07 Å².